The van der Waals surface area contributed by atoms with Gasteiger partial charge in [0.05, 0.1) is 6.10 Å². The van der Waals surface area contributed by atoms with E-state index in [9.17, 15) is 5.11 Å². The smallest absolute Gasteiger partial charge is 0.0529 e. The van der Waals surface area contributed by atoms with Gasteiger partial charge in [0.25, 0.3) is 0 Å². The Balaban J connectivity index is 2.36. The van der Waals surface area contributed by atoms with Crippen molar-refractivity contribution in [1.29, 1.82) is 0 Å². The second kappa shape index (κ2) is 4.07. The summed E-state index contributed by atoms with van der Waals surface area (Å²) in [4.78, 5) is 0. The number of rotatable bonds is 3. The summed E-state index contributed by atoms with van der Waals surface area (Å²) < 4.78 is 2.27. The molecule has 1 aromatic carbocycles. The van der Waals surface area contributed by atoms with Crippen LogP contribution in [-0.2, 0) is 6.54 Å². The van der Waals surface area contributed by atoms with Crippen LogP contribution in [0.5, 0.6) is 0 Å². The molecule has 15 heavy (non-hydrogen) atoms. The Labute approximate surface area is 90.2 Å². The highest BCUT2D eigenvalue weighted by atomic mass is 16.3. The van der Waals surface area contributed by atoms with Crippen LogP contribution in [0.3, 0.4) is 0 Å². The first-order valence-corrected chi connectivity index (χ1v) is 5.41. The van der Waals surface area contributed by atoms with Gasteiger partial charge in [0.15, 0.2) is 0 Å². The number of aryl methyl sites for hydroxylation is 2. The molecule has 1 aromatic heterocycles. The summed E-state index contributed by atoms with van der Waals surface area (Å²) in [7, 11) is 0. The number of fused-ring (bicyclic) bond motifs is 1. The topological polar surface area (TPSA) is 25.2 Å². The molecule has 1 heterocycles. The average Bonchev–Trinajstić information content (AvgIpc) is 2.50. The van der Waals surface area contributed by atoms with Crippen molar-refractivity contribution < 1.29 is 5.11 Å². The molecule has 0 aliphatic carbocycles. The van der Waals surface area contributed by atoms with Crippen LogP contribution < -0.4 is 0 Å². The van der Waals surface area contributed by atoms with Crippen LogP contribution in [0.25, 0.3) is 10.9 Å². The van der Waals surface area contributed by atoms with Crippen LogP contribution in [-0.4, -0.2) is 15.8 Å². The third-order valence-electron chi connectivity index (χ3n) is 2.79. The second-order valence-electron chi connectivity index (χ2n) is 4.13. The van der Waals surface area contributed by atoms with Gasteiger partial charge in [-0.25, -0.2) is 0 Å². The number of aromatic nitrogens is 1. The molecule has 0 spiro atoms. The number of aliphatic hydroxyl groups is 1. The van der Waals surface area contributed by atoms with E-state index in [-0.39, 0.29) is 6.10 Å². The lowest BCUT2D eigenvalue weighted by atomic mass is 10.2. The van der Waals surface area contributed by atoms with Gasteiger partial charge in [-0.05, 0) is 37.8 Å². The molecule has 0 fully saturated rings. The maximum Gasteiger partial charge on any atom is 0.0529 e. The van der Waals surface area contributed by atoms with E-state index < -0.39 is 0 Å². The molecular formula is C13H17NO. The lowest BCUT2D eigenvalue weighted by Crippen LogP contribution is -2.07. The van der Waals surface area contributed by atoms with Crippen LogP contribution in [0.2, 0.25) is 0 Å². The van der Waals surface area contributed by atoms with E-state index >= 15 is 0 Å². The van der Waals surface area contributed by atoms with Crippen molar-refractivity contribution in [2.45, 2.75) is 32.9 Å². The Bertz CT molecular complexity index is 457. The molecule has 1 unspecified atom stereocenters. The van der Waals surface area contributed by atoms with Gasteiger partial charge in [0, 0.05) is 17.8 Å². The average molecular weight is 203 g/mol. The third-order valence-corrected chi connectivity index (χ3v) is 2.79. The predicted octanol–water partition coefficient (Wildman–Crippen LogP) is 2.72. The van der Waals surface area contributed by atoms with Crippen molar-refractivity contribution in [3.05, 3.63) is 36.0 Å². The molecule has 80 valence electrons. The van der Waals surface area contributed by atoms with Gasteiger partial charge in [-0.2, -0.15) is 0 Å². The van der Waals surface area contributed by atoms with Crippen molar-refractivity contribution in [3.63, 3.8) is 0 Å². The zero-order valence-corrected chi connectivity index (χ0v) is 9.27. The molecule has 0 aliphatic heterocycles. The zero-order chi connectivity index (χ0) is 10.8. The standard InChI is InChI=1S/C13H17NO/c1-10-9-12-5-3-4-6-13(12)14(10)8-7-11(2)15/h3-6,9,11,15H,7-8H2,1-2H3. The summed E-state index contributed by atoms with van der Waals surface area (Å²) in [6.45, 7) is 4.83. The number of para-hydroxylation sites is 1. The van der Waals surface area contributed by atoms with Gasteiger partial charge in [-0.1, -0.05) is 18.2 Å². The van der Waals surface area contributed by atoms with E-state index in [1.54, 1.807) is 0 Å². The normalized spacial score (nSPS) is 13.3. The maximum absolute atomic E-state index is 9.30. The summed E-state index contributed by atoms with van der Waals surface area (Å²) in [5, 5.41) is 10.6. The number of benzene rings is 1. The molecule has 1 atom stereocenters. The van der Waals surface area contributed by atoms with E-state index in [1.807, 2.05) is 6.92 Å². The Morgan fingerprint density at radius 1 is 1.33 bits per heavy atom. The Morgan fingerprint density at radius 3 is 2.80 bits per heavy atom. The molecular weight excluding hydrogens is 186 g/mol. The maximum atomic E-state index is 9.30. The highest BCUT2D eigenvalue weighted by Gasteiger charge is 2.05. The van der Waals surface area contributed by atoms with Crippen molar-refractivity contribution in [1.82, 2.24) is 4.57 Å². The summed E-state index contributed by atoms with van der Waals surface area (Å²) in [6, 6.07) is 10.6. The zero-order valence-electron chi connectivity index (χ0n) is 9.27. The molecule has 1 N–H and O–H groups in total. The first kappa shape index (κ1) is 10.2. The Hall–Kier alpha value is -1.28. The van der Waals surface area contributed by atoms with Crippen molar-refractivity contribution in [2.24, 2.45) is 0 Å². The Morgan fingerprint density at radius 2 is 2.07 bits per heavy atom. The lowest BCUT2D eigenvalue weighted by molar-refractivity contribution is 0.178. The number of nitrogens with zero attached hydrogens (tertiary/aromatic N) is 1. The fourth-order valence-electron chi connectivity index (χ4n) is 1.96. The van der Waals surface area contributed by atoms with E-state index in [1.165, 1.54) is 16.6 Å². The summed E-state index contributed by atoms with van der Waals surface area (Å²) in [6.07, 6.45) is 0.574. The lowest BCUT2D eigenvalue weighted by Gasteiger charge is -2.09. The molecule has 2 heteroatoms. The van der Waals surface area contributed by atoms with Crippen LogP contribution >= 0.6 is 0 Å². The second-order valence-corrected chi connectivity index (χ2v) is 4.13. The number of hydrogen-bond donors (Lipinski definition) is 1. The molecule has 0 amide bonds. The van der Waals surface area contributed by atoms with Gasteiger partial charge in [0.2, 0.25) is 0 Å². The minimum absolute atomic E-state index is 0.231. The number of hydrogen-bond acceptors (Lipinski definition) is 1. The highest BCUT2D eigenvalue weighted by molar-refractivity contribution is 5.81. The minimum Gasteiger partial charge on any atom is -0.393 e. The molecule has 0 saturated carbocycles. The molecule has 2 nitrogen and oxygen atoms in total. The first-order chi connectivity index (χ1) is 7.18. The van der Waals surface area contributed by atoms with Crippen molar-refractivity contribution >= 4 is 10.9 Å². The third kappa shape index (κ3) is 2.05. The monoisotopic (exact) mass is 203 g/mol. The van der Waals surface area contributed by atoms with E-state index in [0.29, 0.717) is 0 Å². The van der Waals surface area contributed by atoms with Crippen LogP contribution in [0.1, 0.15) is 19.0 Å². The van der Waals surface area contributed by atoms with Crippen LogP contribution in [0.4, 0.5) is 0 Å². The quantitative estimate of drug-likeness (QED) is 0.815. The van der Waals surface area contributed by atoms with Gasteiger partial charge >= 0.3 is 0 Å². The van der Waals surface area contributed by atoms with E-state index in [2.05, 4.69) is 41.8 Å². The van der Waals surface area contributed by atoms with Crippen LogP contribution in [0.15, 0.2) is 30.3 Å². The first-order valence-electron chi connectivity index (χ1n) is 5.41. The molecule has 2 aromatic rings. The molecule has 0 radical (unpaired) electrons. The number of aliphatic hydroxyl groups excluding tert-OH is 1. The van der Waals surface area contributed by atoms with Gasteiger partial charge in [-0.15, -0.1) is 0 Å². The van der Waals surface area contributed by atoms with Gasteiger partial charge in [-0.3, -0.25) is 0 Å². The SMILES string of the molecule is Cc1cc2ccccc2n1CCC(C)O. The van der Waals surface area contributed by atoms with Crippen LogP contribution in [0, 0.1) is 6.92 Å². The summed E-state index contributed by atoms with van der Waals surface area (Å²) in [5.74, 6) is 0. The van der Waals surface area contributed by atoms with Crippen molar-refractivity contribution in [2.75, 3.05) is 0 Å². The predicted molar refractivity (Wildman–Crippen MR) is 63.0 cm³/mol. The molecule has 0 saturated heterocycles. The van der Waals surface area contributed by atoms with Gasteiger partial charge in [0.1, 0.15) is 0 Å². The molecule has 2 rings (SSSR count). The molecule has 0 bridgehead atoms. The van der Waals surface area contributed by atoms with E-state index in [4.69, 9.17) is 0 Å². The Kier molecular flexibility index (Phi) is 2.78. The van der Waals surface area contributed by atoms with Crippen molar-refractivity contribution in [3.8, 4) is 0 Å². The molecule has 0 aliphatic rings. The van der Waals surface area contributed by atoms with E-state index in [0.717, 1.165) is 13.0 Å². The minimum atomic E-state index is -0.231. The summed E-state index contributed by atoms with van der Waals surface area (Å²) >= 11 is 0. The summed E-state index contributed by atoms with van der Waals surface area (Å²) in [5.41, 5.74) is 2.52. The largest absolute Gasteiger partial charge is 0.393 e. The van der Waals surface area contributed by atoms with Gasteiger partial charge < -0.3 is 9.67 Å². The fourth-order valence-corrected chi connectivity index (χ4v) is 1.96. The highest BCUT2D eigenvalue weighted by Crippen LogP contribution is 2.19. The fraction of sp³-hybridized carbons (Fsp3) is 0.385.